The topological polar surface area (TPSA) is 61.9 Å². The third-order valence-electron chi connectivity index (χ3n) is 5.10. The van der Waals surface area contributed by atoms with Gasteiger partial charge < -0.3 is 19.9 Å². The highest BCUT2D eigenvalue weighted by atomic mass is 16.5. The molecule has 0 spiro atoms. The summed E-state index contributed by atoms with van der Waals surface area (Å²) in [7, 11) is 0. The van der Waals surface area contributed by atoms with Gasteiger partial charge >= 0.3 is 11.8 Å². The normalized spacial score (nSPS) is 14.0. The first kappa shape index (κ1) is 19.7. The molecule has 0 aromatic heterocycles. The molecule has 0 bridgehead atoms. The largest absolute Gasteiger partial charge is 0.494 e. The Kier molecular flexibility index (Phi) is 6.19. The number of benzene rings is 2. The highest BCUT2D eigenvalue weighted by Crippen LogP contribution is 2.24. The van der Waals surface area contributed by atoms with Crippen LogP contribution < -0.4 is 15.0 Å². The smallest absolute Gasteiger partial charge is 0.313 e. The minimum absolute atomic E-state index is 0.491. The summed E-state index contributed by atoms with van der Waals surface area (Å²) in [6, 6.07) is 13.3. The molecular formula is C22H27N3O3. The molecule has 0 saturated carbocycles. The molecule has 0 aliphatic carbocycles. The second kappa shape index (κ2) is 8.78. The molecular weight excluding hydrogens is 354 g/mol. The molecule has 1 aliphatic heterocycles. The average molecular weight is 381 g/mol. The Morgan fingerprint density at radius 3 is 2.32 bits per heavy atom. The number of piperazine rings is 1. The lowest BCUT2D eigenvalue weighted by Crippen LogP contribution is -2.51. The van der Waals surface area contributed by atoms with Crippen LogP contribution in [0.15, 0.2) is 42.5 Å². The molecule has 1 fully saturated rings. The van der Waals surface area contributed by atoms with Gasteiger partial charge in [-0.3, -0.25) is 9.59 Å². The van der Waals surface area contributed by atoms with Crippen LogP contribution in [0.1, 0.15) is 18.1 Å². The van der Waals surface area contributed by atoms with Gasteiger partial charge in [0.1, 0.15) is 5.75 Å². The average Bonchev–Trinajstić information content (AvgIpc) is 2.71. The number of rotatable bonds is 4. The van der Waals surface area contributed by atoms with Crippen LogP contribution in [0, 0.1) is 13.8 Å². The lowest BCUT2D eigenvalue weighted by molar-refractivity contribution is -0.143. The molecule has 1 aliphatic rings. The number of hydrogen-bond donors (Lipinski definition) is 1. The summed E-state index contributed by atoms with van der Waals surface area (Å²) >= 11 is 0. The number of ether oxygens (including phenoxy) is 1. The Hall–Kier alpha value is -3.02. The summed E-state index contributed by atoms with van der Waals surface area (Å²) in [6.45, 7) is 9.20. The molecule has 2 aromatic carbocycles. The van der Waals surface area contributed by atoms with Crippen LogP contribution in [-0.4, -0.2) is 49.5 Å². The maximum atomic E-state index is 12.5. The van der Waals surface area contributed by atoms with Crippen LogP contribution in [-0.2, 0) is 9.59 Å². The predicted octanol–water partition coefficient (Wildman–Crippen LogP) is 2.99. The molecule has 6 heteroatoms. The van der Waals surface area contributed by atoms with Gasteiger partial charge in [-0.15, -0.1) is 0 Å². The van der Waals surface area contributed by atoms with Gasteiger partial charge in [-0.25, -0.2) is 0 Å². The van der Waals surface area contributed by atoms with Gasteiger partial charge in [0.2, 0.25) is 0 Å². The van der Waals surface area contributed by atoms with E-state index in [1.165, 1.54) is 16.8 Å². The first-order valence-electron chi connectivity index (χ1n) is 9.64. The standard InChI is InChI=1S/C22H27N3O3/c1-4-28-19-10-8-18(9-11-19)23-21(26)22(27)25-14-12-24(13-15-25)20-7-5-6-16(2)17(20)3/h5-11H,4,12-15H2,1-3H3,(H,23,26). The molecule has 28 heavy (non-hydrogen) atoms. The van der Waals surface area contributed by atoms with E-state index in [1.54, 1.807) is 29.2 Å². The second-order valence-electron chi connectivity index (χ2n) is 6.91. The molecule has 6 nitrogen and oxygen atoms in total. The van der Waals surface area contributed by atoms with Crippen molar-refractivity contribution in [2.24, 2.45) is 0 Å². The van der Waals surface area contributed by atoms with Crippen LogP contribution >= 0.6 is 0 Å². The van der Waals surface area contributed by atoms with Crippen LogP contribution in [0.4, 0.5) is 11.4 Å². The van der Waals surface area contributed by atoms with Crippen molar-refractivity contribution in [1.29, 1.82) is 0 Å². The minimum atomic E-state index is -0.607. The molecule has 1 heterocycles. The van der Waals surface area contributed by atoms with E-state index in [4.69, 9.17) is 4.74 Å². The van der Waals surface area contributed by atoms with Gasteiger partial charge in [0.05, 0.1) is 6.61 Å². The Balaban J connectivity index is 1.55. The molecule has 3 rings (SSSR count). The number of aryl methyl sites for hydroxylation is 1. The zero-order valence-corrected chi connectivity index (χ0v) is 16.7. The van der Waals surface area contributed by atoms with E-state index in [0.717, 1.165) is 5.75 Å². The highest BCUT2D eigenvalue weighted by Gasteiger charge is 2.26. The van der Waals surface area contributed by atoms with E-state index in [1.807, 2.05) is 6.92 Å². The van der Waals surface area contributed by atoms with Gasteiger partial charge in [0.15, 0.2) is 0 Å². The summed E-state index contributed by atoms with van der Waals surface area (Å²) in [6.07, 6.45) is 0. The van der Waals surface area contributed by atoms with Crippen molar-refractivity contribution in [2.45, 2.75) is 20.8 Å². The van der Waals surface area contributed by atoms with E-state index in [9.17, 15) is 9.59 Å². The van der Waals surface area contributed by atoms with Gasteiger partial charge in [-0.1, -0.05) is 12.1 Å². The van der Waals surface area contributed by atoms with Gasteiger partial charge in [-0.05, 0) is 62.2 Å². The first-order valence-corrected chi connectivity index (χ1v) is 9.64. The summed E-state index contributed by atoms with van der Waals surface area (Å²) in [5.41, 5.74) is 4.29. The summed E-state index contributed by atoms with van der Waals surface area (Å²) in [4.78, 5) is 28.7. The van der Waals surface area contributed by atoms with E-state index in [-0.39, 0.29) is 0 Å². The molecule has 148 valence electrons. The Labute approximate surface area is 166 Å². The van der Waals surface area contributed by atoms with Crippen molar-refractivity contribution >= 4 is 23.2 Å². The van der Waals surface area contributed by atoms with E-state index in [2.05, 4.69) is 42.3 Å². The zero-order valence-electron chi connectivity index (χ0n) is 16.7. The van der Waals surface area contributed by atoms with Crippen LogP contribution in [0.2, 0.25) is 0 Å². The van der Waals surface area contributed by atoms with Crippen LogP contribution in [0.25, 0.3) is 0 Å². The molecule has 1 saturated heterocycles. The maximum Gasteiger partial charge on any atom is 0.313 e. The van der Waals surface area contributed by atoms with Crippen molar-refractivity contribution in [1.82, 2.24) is 4.90 Å². The molecule has 0 radical (unpaired) electrons. The Morgan fingerprint density at radius 1 is 1.00 bits per heavy atom. The predicted molar refractivity (Wildman–Crippen MR) is 111 cm³/mol. The summed E-state index contributed by atoms with van der Waals surface area (Å²) < 4.78 is 5.38. The van der Waals surface area contributed by atoms with Crippen LogP contribution in [0.3, 0.4) is 0 Å². The highest BCUT2D eigenvalue weighted by molar-refractivity contribution is 6.39. The number of carbonyl (C=O) groups excluding carboxylic acids is 2. The Morgan fingerprint density at radius 2 is 1.68 bits per heavy atom. The number of nitrogens with zero attached hydrogens (tertiary/aromatic N) is 2. The van der Waals surface area contributed by atoms with Crippen molar-refractivity contribution in [3.05, 3.63) is 53.6 Å². The molecule has 0 unspecified atom stereocenters. The van der Waals surface area contributed by atoms with Gasteiger partial charge in [0, 0.05) is 37.6 Å². The zero-order chi connectivity index (χ0) is 20.1. The maximum absolute atomic E-state index is 12.5. The third-order valence-corrected chi connectivity index (χ3v) is 5.10. The molecule has 1 N–H and O–H groups in total. The van der Waals surface area contributed by atoms with Crippen molar-refractivity contribution < 1.29 is 14.3 Å². The SMILES string of the molecule is CCOc1ccc(NC(=O)C(=O)N2CCN(c3cccc(C)c3C)CC2)cc1. The monoisotopic (exact) mass is 381 g/mol. The van der Waals surface area contributed by atoms with E-state index >= 15 is 0 Å². The number of amides is 2. The van der Waals surface area contributed by atoms with E-state index < -0.39 is 11.8 Å². The van der Waals surface area contributed by atoms with E-state index in [0.29, 0.717) is 38.5 Å². The van der Waals surface area contributed by atoms with Gasteiger partial charge in [0.25, 0.3) is 0 Å². The van der Waals surface area contributed by atoms with Crippen molar-refractivity contribution in [3.8, 4) is 5.75 Å². The lowest BCUT2D eigenvalue weighted by atomic mass is 10.1. The minimum Gasteiger partial charge on any atom is -0.494 e. The number of carbonyl (C=O) groups is 2. The number of hydrogen-bond acceptors (Lipinski definition) is 4. The van der Waals surface area contributed by atoms with Crippen LogP contribution in [0.5, 0.6) is 5.75 Å². The fraction of sp³-hybridized carbons (Fsp3) is 0.364. The third kappa shape index (κ3) is 4.44. The Bertz CT molecular complexity index is 841. The number of nitrogens with one attached hydrogen (secondary N) is 1. The quantitative estimate of drug-likeness (QED) is 0.827. The molecule has 2 amide bonds. The van der Waals surface area contributed by atoms with Gasteiger partial charge in [-0.2, -0.15) is 0 Å². The second-order valence-corrected chi connectivity index (χ2v) is 6.91. The van der Waals surface area contributed by atoms with Crippen molar-refractivity contribution in [2.75, 3.05) is 43.0 Å². The fourth-order valence-corrected chi connectivity index (χ4v) is 3.36. The fourth-order valence-electron chi connectivity index (χ4n) is 3.36. The number of anilines is 2. The summed E-state index contributed by atoms with van der Waals surface area (Å²) in [5.74, 6) is -0.367. The summed E-state index contributed by atoms with van der Waals surface area (Å²) in [5, 5.41) is 2.67. The first-order chi connectivity index (χ1) is 13.5. The van der Waals surface area contributed by atoms with Crippen molar-refractivity contribution in [3.63, 3.8) is 0 Å². The lowest BCUT2D eigenvalue weighted by Gasteiger charge is -2.36. The molecule has 2 aromatic rings. The molecule has 0 atom stereocenters.